The van der Waals surface area contributed by atoms with Crippen molar-refractivity contribution in [3.8, 4) is 11.3 Å². The summed E-state index contributed by atoms with van der Waals surface area (Å²) in [6, 6.07) is 20.3. The summed E-state index contributed by atoms with van der Waals surface area (Å²) in [7, 11) is 0. The van der Waals surface area contributed by atoms with Crippen molar-refractivity contribution in [3.63, 3.8) is 0 Å². The van der Waals surface area contributed by atoms with Gasteiger partial charge in [0.05, 0.1) is 0 Å². The summed E-state index contributed by atoms with van der Waals surface area (Å²) in [4.78, 5) is 4.84. The number of aryl methyl sites for hydroxylation is 2. The minimum Gasteiger partial charge on any atom is -0.339 e. The molecule has 0 amide bonds. The predicted octanol–water partition coefficient (Wildman–Crippen LogP) is 6.02. The van der Waals surface area contributed by atoms with Crippen molar-refractivity contribution in [2.45, 2.75) is 13.8 Å². The Balaban J connectivity index is 1.88. The van der Waals surface area contributed by atoms with Crippen LogP contribution in [0.3, 0.4) is 0 Å². The molecule has 0 bridgehead atoms. The van der Waals surface area contributed by atoms with Gasteiger partial charge in [-0.25, -0.2) is 4.98 Å². The van der Waals surface area contributed by atoms with Gasteiger partial charge < -0.3 is 5.32 Å². The van der Waals surface area contributed by atoms with Gasteiger partial charge in [-0.3, -0.25) is 4.40 Å². The number of anilines is 2. The number of hydrogen-bond acceptors (Lipinski definition) is 2. The van der Waals surface area contributed by atoms with E-state index in [2.05, 4.69) is 60.0 Å². The quantitative estimate of drug-likeness (QED) is 0.491. The number of hydrogen-bond donors (Lipinski definition) is 1. The number of imidazole rings is 1. The second-order valence-corrected chi connectivity index (χ2v) is 6.68. The van der Waals surface area contributed by atoms with Crippen LogP contribution in [-0.2, 0) is 0 Å². The highest BCUT2D eigenvalue weighted by atomic mass is 35.5. The van der Waals surface area contributed by atoms with E-state index in [9.17, 15) is 0 Å². The summed E-state index contributed by atoms with van der Waals surface area (Å²) < 4.78 is 2.08. The Labute approximate surface area is 151 Å². The minimum absolute atomic E-state index is 0.719. The Morgan fingerprint density at radius 1 is 0.880 bits per heavy atom. The summed E-state index contributed by atoms with van der Waals surface area (Å²) in [5, 5.41) is 4.24. The zero-order chi connectivity index (χ0) is 17.4. The zero-order valence-corrected chi connectivity index (χ0v) is 14.9. The van der Waals surface area contributed by atoms with Crippen molar-refractivity contribution in [2.75, 3.05) is 5.32 Å². The van der Waals surface area contributed by atoms with Crippen molar-refractivity contribution < 1.29 is 0 Å². The fraction of sp³-hybridized carbons (Fsp3) is 0.0952. The van der Waals surface area contributed by atoms with Gasteiger partial charge in [0.15, 0.2) is 0 Å². The number of pyridine rings is 1. The first-order chi connectivity index (χ1) is 12.1. The van der Waals surface area contributed by atoms with Crippen LogP contribution < -0.4 is 5.32 Å². The van der Waals surface area contributed by atoms with E-state index in [1.165, 1.54) is 11.1 Å². The molecule has 0 aliphatic heterocycles. The smallest absolute Gasteiger partial charge is 0.143 e. The van der Waals surface area contributed by atoms with Crippen molar-refractivity contribution in [2.24, 2.45) is 0 Å². The SMILES string of the molecule is Cc1ccc(Nc2c(-c3ccc(Cl)cc3)nc3cc(C)ccn23)cc1. The summed E-state index contributed by atoms with van der Waals surface area (Å²) in [6.07, 6.45) is 2.05. The van der Waals surface area contributed by atoms with E-state index in [-0.39, 0.29) is 0 Å². The van der Waals surface area contributed by atoms with Crippen LogP contribution in [0.25, 0.3) is 16.9 Å². The summed E-state index contributed by atoms with van der Waals surface area (Å²) in [5.41, 5.74) is 6.30. The van der Waals surface area contributed by atoms with Crippen LogP contribution in [0.15, 0.2) is 66.9 Å². The molecule has 2 aromatic carbocycles. The van der Waals surface area contributed by atoms with E-state index in [0.717, 1.165) is 33.4 Å². The molecule has 2 heterocycles. The van der Waals surface area contributed by atoms with Crippen molar-refractivity contribution in [1.29, 1.82) is 0 Å². The van der Waals surface area contributed by atoms with Gasteiger partial charge in [-0.2, -0.15) is 0 Å². The van der Waals surface area contributed by atoms with Gasteiger partial charge in [-0.1, -0.05) is 41.4 Å². The Bertz CT molecular complexity index is 1030. The lowest BCUT2D eigenvalue weighted by Gasteiger charge is -2.09. The summed E-state index contributed by atoms with van der Waals surface area (Å²) in [6.45, 7) is 4.16. The lowest BCUT2D eigenvalue weighted by Crippen LogP contribution is -1.97. The van der Waals surface area contributed by atoms with Crippen LogP contribution in [0.4, 0.5) is 11.5 Å². The highest BCUT2D eigenvalue weighted by molar-refractivity contribution is 6.30. The maximum absolute atomic E-state index is 6.04. The first-order valence-corrected chi connectivity index (χ1v) is 8.56. The van der Waals surface area contributed by atoms with Gasteiger partial charge in [-0.05, 0) is 55.8 Å². The van der Waals surface area contributed by atoms with E-state index in [1.807, 2.05) is 30.5 Å². The maximum Gasteiger partial charge on any atom is 0.143 e. The number of benzene rings is 2. The maximum atomic E-state index is 6.04. The van der Waals surface area contributed by atoms with Gasteiger partial charge in [0, 0.05) is 22.5 Å². The Hall–Kier alpha value is -2.78. The van der Waals surface area contributed by atoms with Gasteiger partial charge in [-0.15, -0.1) is 0 Å². The van der Waals surface area contributed by atoms with Gasteiger partial charge >= 0.3 is 0 Å². The van der Waals surface area contributed by atoms with E-state index >= 15 is 0 Å². The number of fused-ring (bicyclic) bond motifs is 1. The molecule has 4 aromatic rings. The van der Waals surface area contributed by atoms with E-state index in [4.69, 9.17) is 16.6 Å². The molecule has 0 aliphatic rings. The average Bonchev–Trinajstić information content (AvgIpc) is 2.95. The first kappa shape index (κ1) is 15.7. The fourth-order valence-electron chi connectivity index (χ4n) is 2.85. The van der Waals surface area contributed by atoms with Crippen LogP contribution in [0.2, 0.25) is 5.02 Å². The molecule has 4 rings (SSSR count). The number of nitrogens with one attached hydrogen (secondary N) is 1. The molecule has 0 saturated carbocycles. The highest BCUT2D eigenvalue weighted by Crippen LogP contribution is 2.32. The largest absolute Gasteiger partial charge is 0.339 e. The number of rotatable bonds is 3. The molecule has 3 nitrogen and oxygen atoms in total. The number of nitrogens with zero attached hydrogens (tertiary/aromatic N) is 2. The topological polar surface area (TPSA) is 29.3 Å². The van der Waals surface area contributed by atoms with E-state index in [0.29, 0.717) is 0 Å². The van der Waals surface area contributed by atoms with Crippen LogP contribution in [-0.4, -0.2) is 9.38 Å². The Kier molecular flexibility index (Phi) is 3.94. The average molecular weight is 348 g/mol. The van der Waals surface area contributed by atoms with Crippen LogP contribution in [0, 0.1) is 13.8 Å². The molecule has 0 fully saturated rings. The standard InChI is InChI=1S/C21H18ClN3/c1-14-3-9-18(10-4-14)23-21-20(16-5-7-17(22)8-6-16)24-19-13-15(2)11-12-25(19)21/h3-13,23H,1-2H3. The number of halogens is 1. The molecule has 0 radical (unpaired) electrons. The molecule has 0 unspecified atom stereocenters. The molecule has 25 heavy (non-hydrogen) atoms. The lowest BCUT2D eigenvalue weighted by molar-refractivity contribution is 1.17. The fourth-order valence-corrected chi connectivity index (χ4v) is 2.97. The summed E-state index contributed by atoms with van der Waals surface area (Å²) in [5.74, 6) is 0.946. The number of aromatic nitrogens is 2. The van der Waals surface area contributed by atoms with Crippen molar-refractivity contribution in [1.82, 2.24) is 9.38 Å². The predicted molar refractivity (Wildman–Crippen MR) is 105 cm³/mol. The van der Waals surface area contributed by atoms with Crippen LogP contribution in [0.1, 0.15) is 11.1 Å². The van der Waals surface area contributed by atoms with Gasteiger partial charge in [0.25, 0.3) is 0 Å². The molecule has 0 spiro atoms. The third-order valence-electron chi connectivity index (χ3n) is 4.21. The molecule has 4 heteroatoms. The third-order valence-corrected chi connectivity index (χ3v) is 4.47. The normalized spacial score (nSPS) is 11.0. The van der Waals surface area contributed by atoms with Crippen LogP contribution in [0.5, 0.6) is 0 Å². The molecule has 0 saturated heterocycles. The molecule has 124 valence electrons. The minimum atomic E-state index is 0.719. The molecular formula is C21H18ClN3. The van der Waals surface area contributed by atoms with E-state index < -0.39 is 0 Å². The van der Waals surface area contributed by atoms with Crippen LogP contribution >= 0.6 is 11.6 Å². The highest BCUT2D eigenvalue weighted by Gasteiger charge is 2.14. The molecular weight excluding hydrogens is 330 g/mol. The molecule has 2 aromatic heterocycles. The monoisotopic (exact) mass is 347 g/mol. The second kappa shape index (κ2) is 6.26. The van der Waals surface area contributed by atoms with Gasteiger partial charge in [0.1, 0.15) is 17.2 Å². The third kappa shape index (κ3) is 3.11. The second-order valence-electron chi connectivity index (χ2n) is 6.24. The Morgan fingerprint density at radius 2 is 1.60 bits per heavy atom. The Morgan fingerprint density at radius 3 is 2.32 bits per heavy atom. The molecule has 1 N–H and O–H groups in total. The lowest BCUT2D eigenvalue weighted by atomic mass is 10.1. The molecule has 0 aliphatic carbocycles. The molecule has 0 atom stereocenters. The zero-order valence-electron chi connectivity index (χ0n) is 14.1. The van der Waals surface area contributed by atoms with Gasteiger partial charge in [0.2, 0.25) is 0 Å². The van der Waals surface area contributed by atoms with E-state index in [1.54, 1.807) is 0 Å². The van der Waals surface area contributed by atoms with Crippen molar-refractivity contribution >= 4 is 28.8 Å². The first-order valence-electron chi connectivity index (χ1n) is 8.18. The van der Waals surface area contributed by atoms with Crippen molar-refractivity contribution in [3.05, 3.63) is 83.0 Å². The summed E-state index contributed by atoms with van der Waals surface area (Å²) >= 11 is 6.04.